The molecule has 114 valence electrons. The van der Waals surface area contributed by atoms with E-state index in [9.17, 15) is 4.79 Å². The molecule has 0 amide bonds. The number of carboxylic acid groups (broad SMARTS) is 1. The Morgan fingerprint density at radius 1 is 1.33 bits per heavy atom. The van der Waals surface area contributed by atoms with Gasteiger partial charge in [-0.25, -0.2) is 4.79 Å². The lowest BCUT2D eigenvalue weighted by Crippen LogP contribution is -2.47. The second-order valence-electron chi connectivity index (χ2n) is 5.59. The van der Waals surface area contributed by atoms with Crippen LogP contribution in [0.25, 0.3) is 0 Å². The minimum atomic E-state index is -0.999. The molecular formula is C15H19NO5. The Hall–Kier alpha value is -1.66. The predicted molar refractivity (Wildman–Crippen MR) is 73.6 cm³/mol. The molecule has 21 heavy (non-hydrogen) atoms. The summed E-state index contributed by atoms with van der Waals surface area (Å²) < 4.78 is 17.3. The van der Waals surface area contributed by atoms with Gasteiger partial charge in [-0.05, 0) is 18.9 Å². The van der Waals surface area contributed by atoms with Crippen LogP contribution in [0.2, 0.25) is 0 Å². The third-order valence-corrected chi connectivity index (χ3v) is 4.11. The highest BCUT2D eigenvalue weighted by Gasteiger charge is 2.39. The SMILES string of the molecule is O=C(O)c1cncc(OC2CCOC3(CCOCC3)C2)c1. The summed E-state index contributed by atoms with van der Waals surface area (Å²) in [5.41, 5.74) is -0.000675. The molecular weight excluding hydrogens is 274 g/mol. The van der Waals surface area contributed by atoms with Gasteiger partial charge in [-0.3, -0.25) is 4.98 Å². The Balaban J connectivity index is 1.67. The molecule has 0 bridgehead atoms. The first-order chi connectivity index (χ1) is 10.2. The number of ether oxygens (including phenoxy) is 3. The fraction of sp³-hybridized carbons (Fsp3) is 0.600. The summed E-state index contributed by atoms with van der Waals surface area (Å²) in [6.07, 6.45) is 6.30. The molecule has 6 nitrogen and oxygen atoms in total. The molecule has 1 aromatic rings. The van der Waals surface area contributed by atoms with Crippen molar-refractivity contribution < 1.29 is 24.1 Å². The first kappa shape index (κ1) is 14.3. The molecule has 0 aliphatic carbocycles. The van der Waals surface area contributed by atoms with E-state index >= 15 is 0 Å². The van der Waals surface area contributed by atoms with Gasteiger partial charge in [0.15, 0.2) is 0 Å². The van der Waals surface area contributed by atoms with Gasteiger partial charge in [0.05, 0.1) is 24.0 Å². The van der Waals surface area contributed by atoms with Gasteiger partial charge in [-0.15, -0.1) is 0 Å². The average molecular weight is 293 g/mol. The quantitative estimate of drug-likeness (QED) is 0.917. The van der Waals surface area contributed by atoms with Crippen molar-refractivity contribution in [2.24, 2.45) is 0 Å². The standard InChI is InChI=1S/C15H19NO5/c17-14(18)11-7-13(10-16-9-11)21-12-1-4-20-15(8-12)2-5-19-6-3-15/h7,9-10,12H,1-6,8H2,(H,17,18). The highest BCUT2D eigenvalue weighted by atomic mass is 16.5. The molecule has 1 atom stereocenters. The van der Waals surface area contributed by atoms with Crippen LogP contribution >= 0.6 is 0 Å². The van der Waals surface area contributed by atoms with Crippen LogP contribution < -0.4 is 4.74 Å². The normalized spacial score (nSPS) is 24.7. The summed E-state index contributed by atoms with van der Waals surface area (Å²) in [5.74, 6) is -0.496. The maximum absolute atomic E-state index is 11.0. The van der Waals surface area contributed by atoms with Crippen molar-refractivity contribution in [1.29, 1.82) is 0 Å². The molecule has 2 aliphatic heterocycles. The van der Waals surface area contributed by atoms with Crippen LogP contribution in [0.3, 0.4) is 0 Å². The summed E-state index contributed by atoms with van der Waals surface area (Å²) >= 11 is 0. The zero-order valence-electron chi connectivity index (χ0n) is 11.8. The fourth-order valence-corrected chi connectivity index (χ4v) is 2.97. The largest absolute Gasteiger partial charge is 0.489 e. The van der Waals surface area contributed by atoms with Gasteiger partial charge in [0.1, 0.15) is 11.9 Å². The highest BCUT2D eigenvalue weighted by Crippen LogP contribution is 2.35. The van der Waals surface area contributed by atoms with Crippen molar-refractivity contribution >= 4 is 5.97 Å². The molecule has 1 unspecified atom stereocenters. The number of hydrogen-bond donors (Lipinski definition) is 1. The van der Waals surface area contributed by atoms with E-state index in [1.54, 1.807) is 6.20 Å². The van der Waals surface area contributed by atoms with E-state index in [0.29, 0.717) is 12.4 Å². The molecule has 0 saturated carbocycles. The van der Waals surface area contributed by atoms with Crippen molar-refractivity contribution in [2.75, 3.05) is 19.8 Å². The minimum Gasteiger partial charge on any atom is -0.489 e. The number of nitrogens with zero attached hydrogens (tertiary/aromatic N) is 1. The zero-order chi connectivity index (χ0) is 14.7. The van der Waals surface area contributed by atoms with E-state index in [0.717, 1.165) is 38.9 Å². The van der Waals surface area contributed by atoms with Crippen LogP contribution in [0.5, 0.6) is 5.75 Å². The van der Waals surface area contributed by atoms with Gasteiger partial charge in [0.25, 0.3) is 0 Å². The molecule has 0 aromatic carbocycles. The number of aromatic carboxylic acids is 1. The molecule has 3 rings (SSSR count). The van der Waals surface area contributed by atoms with E-state index in [2.05, 4.69) is 4.98 Å². The number of carbonyl (C=O) groups is 1. The van der Waals surface area contributed by atoms with Gasteiger partial charge in [-0.1, -0.05) is 0 Å². The van der Waals surface area contributed by atoms with E-state index in [1.807, 2.05) is 0 Å². The van der Waals surface area contributed by atoms with Crippen LogP contribution in [0.15, 0.2) is 18.5 Å². The lowest BCUT2D eigenvalue weighted by atomic mass is 9.85. The second kappa shape index (κ2) is 5.99. The van der Waals surface area contributed by atoms with Crippen molar-refractivity contribution in [3.05, 3.63) is 24.0 Å². The van der Waals surface area contributed by atoms with Gasteiger partial charge < -0.3 is 19.3 Å². The first-order valence-corrected chi connectivity index (χ1v) is 7.24. The zero-order valence-corrected chi connectivity index (χ0v) is 11.8. The maximum Gasteiger partial charge on any atom is 0.337 e. The van der Waals surface area contributed by atoms with Gasteiger partial charge in [0.2, 0.25) is 0 Å². The number of pyridine rings is 1. The van der Waals surface area contributed by atoms with Crippen LogP contribution in [-0.2, 0) is 9.47 Å². The first-order valence-electron chi connectivity index (χ1n) is 7.24. The van der Waals surface area contributed by atoms with Crippen molar-refractivity contribution in [1.82, 2.24) is 4.98 Å². The Morgan fingerprint density at radius 3 is 2.90 bits per heavy atom. The van der Waals surface area contributed by atoms with Gasteiger partial charge >= 0.3 is 5.97 Å². The molecule has 1 spiro atoms. The monoisotopic (exact) mass is 293 g/mol. The van der Waals surface area contributed by atoms with Crippen LogP contribution in [0, 0.1) is 0 Å². The highest BCUT2D eigenvalue weighted by molar-refractivity contribution is 5.87. The van der Waals surface area contributed by atoms with E-state index < -0.39 is 5.97 Å². The van der Waals surface area contributed by atoms with Gasteiger partial charge in [0, 0.05) is 32.3 Å². The molecule has 2 aliphatic rings. The third-order valence-electron chi connectivity index (χ3n) is 4.11. The smallest absolute Gasteiger partial charge is 0.337 e. The molecule has 6 heteroatoms. The summed E-state index contributed by atoms with van der Waals surface area (Å²) in [4.78, 5) is 14.9. The van der Waals surface area contributed by atoms with E-state index in [1.165, 1.54) is 12.3 Å². The van der Waals surface area contributed by atoms with Gasteiger partial charge in [-0.2, -0.15) is 0 Å². The summed E-state index contributed by atoms with van der Waals surface area (Å²) in [5, 5.41) is 8.98. The Bertz CT molecular complexity index is 507. The number of carboxylic acids is 1. The van der Waals surface area contributed by atoms with Crippen LogP contribution in [0.1, 0.15) is 36.0 Å². The molecule has 1 N–H and O–H groups in total. The topological polar surface area (TPSA) is 77.9 Å². The molecule has 2 fully saturated rings. The Morgan fingerprint density at radius 2 is 2.14 bits per heavy atom. The third kappa shape index (κ3) is 3.33. The minimum absolute atomic E-state index is 0.0303. The Labute approximate surface area is 123 Å². The van der Waals surface area contributed by atoms with Crippen molar-refractivity contribution in [2.45, 2.75) is 37.4 Å². The second-order valence-corrected chi connectivity index (χ2v) is 5.59. The lowest BCUT2D eigenvalue weighted by molar-refractivity contribution is -0.155. The summed E-state index contributed by atoms with van der Waals surface area (Å²) in [7, 11) is 0. The Kier molecular flexibility index (Phi) is 4.07. The molecule has 2 saturated heterocycles. The lowest BCUT2D eigenvalue weighted by Gasteiger charge is -2.43. The molecule has 3 heterocycles. The predicted octanol–water partition coefficient (Wildman–Crippen LogP) is 1.89. The average Bonchev–Trinajstić information content (AvgIpc) is 2.48. The number of hydrogen-bond acceptors (Lipinski definition) is 5. The molecule has 1 aromatic heterocycles. The summed E-state index contributed by atoms with van der Waals surface area (Å²) in [6, 6.07) is 1.52. The van der Waals surface area contributed by atoms with Crippen LogP contribution in [-0.4, -0.2) is 47.6 Å². The van der Waals surface area contributed by atoms with Crippen LogP contribution in [0.4, 0.5) is 0 Å². The molecule has 0 radical (unpaired) electrons. The van der Waals surface area contributed by atoms with E-state index in [-0.39, 0.29) is 17.3 Å². The maximum atomic E-state index is 11.0. The van der Waals surface area contributed by atoms with Crippen molar-refractivity contribution in [3.63, 3.8) is 0 Å². The number of rotatable bonds is 3. The van der Waals surface area contributed by atoms with Crippen molar-refractivity contribution in [3.8, 4) is 5.75 Å². The number of aromatic nitrogens is 1. The van der Waals surface area contributed by atoms with E-state index in [4.69, 9.17) is 19.3 Å². The summed E-state index contributed by atoms with van der Waals surface area (Å²) in [6.45, 7) is 2.11. The fourth-order valence-electron chi connectivity index (χ4n) is 2.97.